The number of hydrogen-bond donors (Lipinski definition) is 1. The molecule has 0 spiro atoms. The summed E-state index contributed by atoms with van der Waals surface area (Å²) < 4.78 is 13.4. The van der Waals surface area contributed by atoms with Crippen LogP contribution in [0.2, 0.25) is 0 Å². The first kappa shape index (κ1) is 13.8. The SMILES string of the molecule is O=C(Nc1ccccc1F)C1CN(C(=O)c2cccs2)C1. The zero-order valence-electron chi connectivity index (χ0n) is 11.1. The van der Waals surface area contributed by atoms with Gasteiger partial charge in [-0.2, -0.15) is 0 Å². The van der Waals surface area contributed by atoms with Crippen molar-refractivity contribution in [3.05, 3.63) is 52.5 Å². The Bertz CT molecular complexity index is 666. The zero-order chi connectivity index (χ0) is 14.8. The van der Waals surface area contributed by atoms with Crippen LogP contribution in [0, 0.1) is 11.7 Å². The number of hydrogen-bond acceptors (Lipinski definition) is 3. The molecule has 4 nitrogen and oxygen atoms in total. The van der Waals surface area contributed by atoms with Crippen LogP contribution in [-0.2, 0) is 4.79 Å². The maximum Gasteiger partial charge on any atom is 0.263 e. The summed E-state index contributed by atoms with van der Waals surface area (Å²) in [4.78, 5) is 26.3. The molecule has 1 fully saturated rings. The lowest BCUT2D eigenvalue weighted by Gasteiger charge is -2.37. The Kier molecular flexibility index (Phi) is 3.70. The van der Waals surface area contributed by atoms with Crippen molar-refractivity contribution >= 4 is 28.8 Å². The van der Waals surface area contributed by atoms with E-state index in [2.05, 4.69) is 5.32 Å². The van der Waals surface area contributed by atoms with Crippen LogP contribution < -0.4 is 5.32 Å². The van der Waals surface area contributed by atoms with Gasteiger partial charge in [0.15, 0.2) is 0 Å². The lowest BCUT2D eigenvalue weighted by Crippen LogP contribution is -2.54. The van der Waals surface area contributed by atoms with E-state index >= 15 is 0 Å². The molecule has 1 saturated heterocycles. The van der Waals surface area contributed by atoms with Crippen LogP contribution in [-0.4, -0.2) is 29.8 Å². The van der Waals surface area contributed by atoms with E-state index in [1.165, 1.54) is 23.5 Å². The van der Waals surface area contributed by atoms with Crippen LogP contribution >= 0.6 is 11.3 Å². The molecule has 6 heteroatoms. The third-order valence-electron chi connectivity index (χ3n) is 3.40. The Morgan fingerprint density at radius 2 is 1.95 bits per heavy atom. The molecular formula is C15H13FN2O2S. The Balaban J connectivity index is 1.55. The second kappa shape index (κ2) is 5.65. The molecule has 3 rings (SSSR count). The summed E-state index contributed by atoms with van der Waals surface area (Å²) in [5.74, 6) is -1.06. The summed E-state index contributed by atoms with van der Waals surface area (Å²) in [6.07, 6.45) is 0. The van der Waals surface area contributed by atoms with E-state index in [1.807, 2.05) is 11.4 Å². The molecule has 0 atom stereocenters. The molecule has 0 unspecified atom stereocenters. The van der Waals surface area contributed by atoms with Crippen molar-refractivity contribution in [1.29, 1.82) is 0 Å². The van der Waals surface area contributed by atoms with Crippen LogP contribution in [0.5, 0.6) is 0 Å². The highest BCUT2D eigenvalue weighted by Crippen LogP contribution is 2.23. The van der Waals surface area contributed by atoms with E-state index in [0.717, 1.165) is 0 Å². The van der Waals surface area contributed by atoms with E-state index < -0.39 is 5.82 Å². The highest BCUT2D eigenvalue weighted by atomic mass is 32.1. The lowest BCUT2D eigenvalue weighted by atomic mass is 9.98. The molecule has 0 aliphatic carbocycles. The number of nitrogens with one attached hydrogen (secondary N) is 1. The molecular weight excluding hydrogens is 291 g/mol. The third kappa shape index (κ3) is 2.80. The molecule has 108 valence electrons. The molecule has 0 radical (unpaired) electrons. The highest BCUT2D eigenvalue weighted by molar-refractivity contribution is 7.12. The molecule has 1 aliphatic heterocycles. The Morgan fingerprint density at radius 1 is 1.19 bits per heavy atom. The predicted octanol–water partition coefficient (Wildman–Crippen LogP) is 2.60. The number of likely N-dealkylation sites (tertiary alicyclic amines) is 1. The number of rotatable bonds is 3. The first-order chi connectivity index (χ1) is 10.1. The summed E-state index contributed by atoms with van der Waals surface area (Å²) in [5, 5.41) is 4.40. The quantitative estimate of drug-likeness (QED) is 0.947. The maximum absolute atomic E-state index is 13.4. The van der Waals surface area contributed by atoms with Crippen molar-refractivity contribution in [3.8, 4) is 0 Å². The Morgan fingerprint density at radius 3 is 2.62 bits per heavy atom. The maximum atomic E-state index is 13.4. The number of nitrogens with zero attached hydrogens (tertiary/aromatic N) is 1. The van der Waals surface area contributed by atoms with E-state index in [9.17, 15) is 14.0 Å². The molecule has 1 aromatic carbocycles. The monoisotopic (exact) mass is 304 g/mol. The number of amides is 2. The second-order valence-corrected chi connectivity index (χ2v) is 5.80. The van der Waals surface area contributed by atoms with Gasteiger partial charge in [0.25, 0.3) is 5.91 Å². The smallest absolute Gasteiger partial charge is 0.263 e. The fourth-order valence-corrected chi connectivity index (χ4v) is 2.85. The van der Waals surface area contributed by atoms with Gasteiger partial charge in [-0.3, -0.25) is 9.59 Å². The van der Waals surface area contributed by atoms with Crippen LogP contribution in [0.15, 0.2) is 41.8 Å². The molecule has 2 aromatic rings. The summed E-state index contributed by atoms with van der Waals surface area (Å²) in [6, 6.07) is 9.62. The van der Waals surface area contributed by atoms with Gasteiger partial charge in [0, 0.05) is 13.1 Å². The fraction of sp³-hybridized carbons (Fsp3) is 0.200. The Hall–Kier alpha value is -2.21. The van der Waals surface area contributed by atoms with Crippen molar-refractivity contribution in [2.75, 3.05) is 18.4 Å². The highest BCUT2D eigenvalue weighted by Gasteiger charge is 2.36. The van der Waals surface area contributed by atoms with Gasteiger partial charge in [-0.25, -0.2) is 4.39 Å². The van der Waals surface area contributed by atoms with Crippen molar-refractivity contribution < 1.29 is 14.0 Å². The van der Waals surface area contributed by atoms with Gasteiger partial charge in [0.05, 0.1) is 16.5 Å². The third-order valence-corrected chi connectivity index (χ3v) is 4.26. The predicted molar refractivity (Wildman–Crippen MR) is 78.7 cm³/mol. The number of halogens is 1. The van der Waals surface area contributed by atoms with E-state index in [-0.39, 0.29) is 23.4 Å². The topological polar surface area (TPSA) is 49.4 Å². The molecule has 1 N–H and O–H groups in total. The number of para-hydroxylation sites is 1. The van der Waals surface area contributed by atoms with Gasteiger partial charge in [-0.15, -0.1) is 11.3 Å². The Labute approximate surface area is 125 Å². The number of benzene rings is 1. The van der Waals surface area contributed by atoms with Crippen LogP contribution in [0.25, 0.3) is 0 Å². The first-order valence-electron chi connectivity index (χ1n) is 6.53. The standard InChI is InChI=1S/C15H13FN2O2S/c16-11-4-1-2-5-12(11)17-14(19)10-8-18(9-10)15(20)13-6-3-7-21-13/h1-7,10H,8-9H2,(H,17,19). The van der Waals surface area contributed by atoms with Gasteiger partial charge in [-0.05, 0) is 23.6 Å². The minimum atomic E-state index is -0.461. The second-order valence-electron chi connectivity index (χ2n) is 4.85. The number of thiophene rings is 1. The zero-order valence-corrected chi connectivity index (χ0v) is 11.9. The summed E-state index contributed by atoms with van der Waals surface area (Å²) >= 11 is 1.38. The average molecular weight is 304 g/mol. The minimum absolute atomic E-state index is 0.0556. The molecule has 1 aromatic heterocycles. The number of carbonyl (C=O) groups is 2. The first-order valence-corrected chi connectivity index (χ1v) is 7.41. The van der Waals surface area contributed by atoms with Crippen molar-refractivity contribution in [1.82, 2.24) is 4.90 Å². The summed E-state index contributed by atoms with van der Waals surface area (Å²) in [5.41, 5.74) is 0.172. The minimum Gasteiger partial charge on any atom is -0.336 e. The fourth-order valence-electron chi connectivity index (χ4n) is 2.16. The van der Waals surface area contributed by atoms with Crippen molar-refractivity contribution in [2.45, 2.75) is 0 Å². The summed E-state index contributed by atoms with van der Waals surface area (Å²) in [6.45, 7) is 0.744. The normalized spacial score (nSPS) is 14.6. The van der Waals surface area contributed by atoms with Gasteiger partial charge < -0.3 is 10.2 Å². The summed E-state index contributed by atoms with van der Waals surface area (Å²) in [7, 11) is 0. The van der Waals surface area contributed by atoms with Gasteiger partial charge >= 0.3 is 0 Å². The van der Waals surface area contributed by atoms with Gasteiger partial charge in [0.2, 0.25) is 5.91 Å². The van der Waals surface area contributed by atoms with Crippen molar-refractivity contribution in [2.24, 2.45) is 5.92 Å². The molecule has 1 aliphatic rings. The van der Waals surface area contributed by atoms with E-state index in [1.54, 1.807) is 23.1 Å². The molecule has 0 saturated carbocycles. The molecule has 21 heavy (non-hydrogen) atoms. The molecule has 0 bridgehead atoms. The van der Waals surface area contributed by atoms with Crippen LogP contribution in [0.1, 0.15) is 9.67 Å². The average Bonchev–Trinajstić information content (AvgIpc) is 2.93. The number of anilines is 1. The lowest BCUT2D eigenvalue weighted by molar-refractivity contribution is -0.123. The van der Waals surface area contributed by atoms with Crippen LogP contribution in [0.3, 0.4) is 0 Å². The molecule has 2 heterocycles. The molecule has 2 amide bonds. The van der Waals surface area contributed by atoms with Gasteiger partial charge in [-0.1, -0.05) is 18.2 Å². The van der Waals surface area contributed by atoms with Gasteiger partial charge in [0.1, 0.15) is 5.82 Å². The van der Waals surface area contributed by atoms with Crippen molar-refractivity contribution in [3.63, 3.8) is 0 Å². The largest absolute Gasteiger partial charge is 0.336 e. The van der Waals surface area contributed by atoms with E-state index in [0.29, 0.717) is 18.0 Å². The van der Waals surface area contributed by atoms with Crippen LogP contribution in [0.4, 0.5) is 10.1 Å². The van der Waals surface area contributed by atoms with E-state index in [4.69, 9.17) is 0 Å². The number of carbonyl (C=O) groups excluding carboxylic acids is 2.